The fourth-order valence-electron chi connectivity index (χ4n) is 1.35. The second-order valence-electron chi connectivity index (χ2n) is 3.30. The van der Waals surface area contributed by atoms with Gasteiger partial charge in [0, 0.05) is 0 Å². The number of carbonyl (C=O) groups is 1. The summed E-state index contributed by atoms with van der Waals surface area (Å²) in [5.74, 6) is 0.598. The van der Waals surface area contributed by atoms with E-state index in [9.17, 15) is 4.79 Å². The number of nitrogens with one attached hydrogen (secondary N) is 1. The van der Waals surface area contributed by atoms with Crippen molar-refractivity contribution in [3.63, 3.8) is 0 Å². The van der Waals surface area contributed by atoms with E-state index in [4.69, 9.17) is 5.26 Å². The Bertz CT molecular complexity index is 436. The van der Waals surface area contributed by atoms with Crippen molar-refractivity contribution in [1.82, 2.24) is 10.3 Å². The third kappa shape index (κ3) is 3.72. The number of rotatable bonds is 5. The molecule has 1 aromatic heterocycles. The highest BCUT2D eigenvalue weighted by molar-refractivity contribution is 8.00. The molecule has 4 nitrogen and oxygen atoms in total. The quantitative estimate of drug-likeness (QED) is 0.833. The zero-order valence-electron chi connectivity index (χ0n) is 10.1. The lowest BCUT2D eigenvalue weighted by atomic mass is 10.3. The minimum absolute atomic E-state index is 0.194. The van der Waals surface area contributed by atoms with Crippen LogP contribution in [0.5, 0.6) is 0 Å². The van der Waals surface area contributed by atoms with Gasteiger partial charge in [-0.25, -0.2) is 4.98 Å². The number of thiazole rings is 1. The maximum atomic E-state index is 12.0. The standard InChI is InChI=1S/C11H15N3OS2/c1-4-8-10(17-7(3)13-8)11(15)14-9(6-12)16-5-2/h9H,4-5H2,1-3H3,(H,14,15). The van der Waals surface area contributed by atoms with E-state index in [1.54, 1.807) is 0 Å². The topological polar surface area (TPSA) is 65.8 Å². The Hall–Kier alpha value is -1.06. The van der Waals surface area contributed by atoms with E-state index in [2.05, 4.69) is 16.4 Å². The summed E-state index contributed by atoms with van der Waals surface area (Å²) in [5.41, 5.74) is 0.809. The average Bonchev–Trinajstić information content (AvgIpc) is 2.69. The number of nitriles is 1. The highest BCUT2D eigenvalue weighted by atomic mass is 32.2. The van der Waals surface area contributed by atoms with Crippen LogP contribution in [0.3, 0.4) is 0 Å². The Balaban J connectivity index is 2.79. The number of amides is 1. The van der Waals surface area contributed by atoms with Crippen molar-refractivity contribution >= 4 is 29.0 Å². The number of aromatic nitrogens is 1. The second-order valence-corrected chi connectivity index (χ2v) is 5.89. The van der Waals surface area contributed by atoms with Crippen molar-refractivity contribution in [2.24, 2.45) is 0 Å². The SMILES string of the molecule is CCSC(C#N)NC(=O)c1sc(C)nc1CC. The first-order valence-electron chi connectivity index (χ1n) is 5.40. The number of carbonyl (C=O) groups excluding carboxylic acids is 1. The van der Waals surface area contributed by atoms with E-state index >= 15 is 0 Å². The van der Waals surface area contributed by atoms with E-state index in [1.165, 1.54) is 23.1 Å². The van der Waals surface area contributed by atoms with E-state index in [1.807, 2.05) is 20.8 Å². The Morgan fingerprint density at radius 3 is 2.88 bits per heavy atom. The molecule has 1 atom stereocenters. The monoisotopic (exact) mass is 269 g/mol. The predicted octanol–water partition coefficient (Wildman–Crippen LogP) is 2.35. The van der Waals surface area contributed by atoms with Crippen LogP contribution < -0.4 is 5.32 Å². The zero-order valence-corrected chi connectivity index (χ0v) is 11.7. The average molecular weight is 269 g/mol. The molecular weight excluding hydrogens is 254 g/mol. The molecule has 0 aliphatic carbocycles. The van der Waals surface area contributed by atoms with Gasteiger partial charge >= 0.3 is 0 Å². The lowest BCUT2D eigenvalue weighted by Crippen LogP contribution is -2.31. The maximum absolute atomic E-state index is 12.0. The molecule has 1 amide bonds. The molecule has 0 aromatic carbocycles. The summed E-state index contributed by atoms with van der Waals surface area (Å²) in [6.07, 6.45) is 0.727. The molecule has 17 heavy (non-hydrogen) atoms. The largest absolute Gasteiger partial charge is 0.327 e. The summed E-state index contributed by atoms with van der Waals surface area (Å²) < 4.78 is 0. The van der Waals surface area contributed by atoms with E-state index in [0.29, 0.717) is 4.88 Å². The zero-order chi connectivity index (χ0) is 12.8. The van der Waals surface area contributed by atoms with Crippen LogP contribution in [-0.2, 0) is 6.42 Å². The van der Waals surface area contributed by atoms with Crippen molar-refractivity contribution in [2.75, 3.05) is 5.75 Å². The molecule has 0 fully saturated rings. The van der Waals surface area contributed by atoms with Crippen molar-refractivity contribution in [3.05, 3.63) is 15.6 Å². The van der Waals surface area contributed by atoms with Crippen LogP contribution in [0.2, 0.25) is 0 Å². The van der Waals surface area contributed by atoms with Gasteiger partial charge in [0.05, 0.1) is 16.8 Å². The molecule has 92 valence electrons. The van der Waals surface area contributed by atoms with Crippen molar-refractivity contribution in [2.45, 2.75) is 32.6 Å². The molecular formula is C11H15N3OS2. The van der Waals surface area contributed by atoms with Crippen molar-refractivity contribution in [3.8, 4) is 6.07 Å². The first-order valence-corrected chi connectivity index (χ1v) is 7.27. The third-order valence-electron chi connectivity index (χ3n) is 2.06. The lowest BCUT2D eigenvalue weighted by Gasteiger charge is -2.09. The molecule has 1 unspecified atom stereocenters. The van der Waals surface area contributed by atoms with Gasteiger partial charge in [0.15, 0.2) is 5.37 Å². The molecule has 0 aliphatic rings. The van der Waals surface area contributed by atoms with Crippen LogP contribution in [0.25, 0.3) is 0 Å². The minimum Gasteiger partial charge on any atom is -0.327 e. The van der Waals surface area contributed by atoms with Gasteiger partial charge in [-0.15, -0.1) is 23.1 Å². The van der Waals surface area contributed by atoms with E-state index in [0.717, 1.165) is 22.9 Å². The number of nitrogens with zero attached hydrogens (tertiary/aromatic N) is 2. The Morgan fingerprint density at radius 2 is 2.35 bits per heavy atom. The van der Waals surface area contributed by atoms with Gasteiger partial charge in [0.2, 0.25) is 0 Å². The van der Waals surface area contributed by atoms with Crippen molar-refractivity contribution in [1.29, 1.82) is 5.26 Å². The summed E-state index contributed by atoms with van der Waals surface area (Å²) >= 11 is 2.79. The molecule has 0 aliphatic heterocycles. The fraction of sp³-hybridized carbons (Fsp3) is 0.545. The molecule has 1 rings (SSSR count). The Morgan fingerprint density at radius 1 is 1.65 bits per heavy atom. The van der Waals surface area contributed by atoms with Gasteiger partial charge in [-0.2, -0.15) is 5.26 Å². The molecule has 6 heteroatoms. The van der Waals surface area contributed by atoms with Crippen molar-refractivity contribution < 1.29 is 4.79 Å². The first kappa shape index (κ1) is 14.0. The summed E-state index contributed by atoms with van der Waals surface area (Å²) in [5, 5.41) is 12.0. The molecule has 1 N–H and O–H groups in total. The highest BCUT2D eigenvalue weighted by Gasteiger charge is 2.18. The molecule has 0 bridgehead atoms. The van der Waals surface area contributed by atoms with Crippen LogP contribution in [0.4, 0.5) is 0 Å². The number of hydrogen-bond acceptors (Lipinski definition) is 5. The van der Waals surface area contributed by atoms with Crippen LogP contribution in [-0.4, -0.2) is 22.0 Å². The predicted molar refractivity (Wildman–Crippen MR) is 71.2 cm³/mol. The molecule has 1 aromatic rings. The van der Waals surface area contributed by atoms with Crippen LogP contribution in [0, 0.1) is 18.3 Å². The summed E-state index contributed by atoms with van der Waals surface area (Å²) in [6, 6.07) is 2.06. The normalized spacial score (nSPS) is 11.9. The molecule has 0 spiro atoms. The first-order chi connectivity index (χ1) is 8.12. The van der Waals surface area contributed by atoms with E-state index < -0.39 is 5.37 Å². The van der Waals surface area contributed by atoms with Gasteiger partial charge < -0.3 is 5.32 Å². The minimum atomic E-state index is -0.486. The Kier molecular flexibility index (Phi) is 5.45. The highest BCUT2D eigenvalue weighted by Crippen LogP contribution is 2.19. The maximum Gasteiger partial charge on any atom is 0.264 e. The van der Waals surface area contributed by atoms with Gasteiger partial charge in [-0.05, 0) is 19.1 Å². The van der Waals surface area contributed by atoms with Gasteiger partial charge in [-0.1, -0.05) is 13.8 Å². The summed E-state index contributed by atoms with van der Waals surface area (Å²) in [6.45, 7) is 5.80. The number of thioether (sulfide) groups is 1. The Labute approximate surface area is 109 Å². The van der Waals surface area contributed by atoms with Gasteiger partial charge in [0.1, 0.15) is 4.88 Å². The molecule has 0 saturated heterocycles. The van der Waals surface area contributed by atoms with Crippen LogP contribution in [0.1, 0.15) is 34.2 Å². The lowest BCUT2D eigenvalue weighted by molar-refractivity contribution is 0.0958. The smallest absolute Gasteiger partial charge is 0.264 e. The molecule has 0 saturated carbocycles. The van der Waals surface area contributed by atoms with Gasteiger partial charge in [-0.3, -0.25) is 4.79 Å². The number of aryl methyl sites for hydroxylation is 2. The number of hydrogen-bond donors (Lipinski definition) is 1. The fourth-order valence-corrected chi connectivity index (χ4v) is 2.86. The second kappa shape index (κ2) is 6.62. The van der Waals surface area contributed by atoms with Crippen LogP contribution >= 0.6 is 23.1 Å². The third-order valence-corrected chi connectivity index (χ3v) is 3.96. The van der Waals surface area contributed by atoms with E-state index in [-0.39, 0.29) is 5.91 Å². The van der Waals surface area contributed by atoms with Crippen LogP contribution in [0.15, 0.2) is 0 Å². The molecule has 0 radical (unpaired) electrons. The van der Waals surface area contributed by atoms with Gasteiger partial charge in [0.25, 0.3) is 5.91 Å². The molecule has 1 heterocycles. The summed E-state index contributed by atoms with van der Waals surface area (Å²) in [7, 11) is 0. The summed E-state index contributed by atoms with van der Waals surface area (Å²) in [4.78, 5) is 16.9.